The van der Waals surface area contributed by atoms with Gasteiger partial charge in [0.15, 0.2) is 5.96 Å². The van der Waals surface area contributed by atoms with Crippen LogP contribution in [0.4, 0.5) is 0 Å². The SMILES string of the molecule is CCNC(=NCc1ccccc1OC)NC1C2CCOC2C1(C)C.I. The third-order valence-electron chi connectivity index (χ3n) is 5.34. The molecule has 140 valence electrons. The zero-order chi connectivity index (χ0) is 17.2. The van der Waals surface area contributed by atoms with E-state index in [1.54, 1.807) is 7.11 Å². The van der Waals surface area contributed by atoms with Gasteiger partial charge in [0.05, 0.1) is 19.8 Å². The largest absolute Gasteiger partial charge is 0.496 e. The lowest BCUT2D eigenvalue weighted by molar-refractivity contribution is -0.106. The molecule has 0 spiro atoms. The highest BCUT2D eigenvalue weighted by Crippen LogP contribution is 2.52. The maximum atomic E-state index is 5.88. The topological polar surface area (TPSA) is 54.9 Å². The number of hydrogen-bond donors (Lipinski definition) is 2. The highest BCUT2D eigenvalue weighted by molar-refractivity contribution is 14.0. The van der Waals surface area contributed by atoms with Crippen molar-refractivity contribution in [1.29, 1.82) is 0 Å². The molecular weight excluding hydrogens is 429 g/mol. The second-order valence-corrected chi connectivity index (χ2v) is 7.19. The van der Waals surface area contributed by atoms with E-state index < -0.39 is 0 Å². The van der Waals surface area contributed by atoms with Crippen molar-refractivity contribution < 1.29 is 9.47 Å². The number of nitrogens with one attached hydrogen (secondary N) is 2. The second-order valence-electron chi connectivity index (χ2n) is 7.19. The summed E-state index contributed by atoms with van der Waals surface area (Å²) < 4.78 is 11.3. The van der Waals surface area contributed by atoms with Gasteiger partial charge < -0.3 is 20.1 Å². The summed E-state index contributed by atoms with van der Waals surface area (Å²) in [6, 6.07) is 8.43. The van der Waals surface area contributed by atoms with E-state index in [1.807, 2.05) is 18.2 Å². The summed E-state index contributed by atoms with van der Waals surface area (Å²) in [7, 11) is 1.70. The number of nitrogens with zero attached hydrogens (tertiary/aromatic N) is 1. The van der Waals surface area contributed by atoms with Gasteiger partial charge in [0, 0.05) is 36.1 Å². The Labute approximate surface area is 168 Å². The van der Waals surface area contributed by atoms with E-state index >= 15 is 0 Å². The highest BCUT2D eigenvalue weighted by Gasteiger charge is 2.59. The Morgan fingerprint density at radius 2 is 2.12 bits per heavy atom. The number of fused-ring (bicyclic) bond motifs is 1. The van der Waals surface area contributed by atoms with Gasteiger partial charge in [0.25, 0.3) is 0 Å². The molecular formula is C19H30IN3O2. The third kappa shape index (κ3) is 4.05. The summed E-state index contributed by atoms with van der Waals surface area (Å²) in [5.41, 5.74) is 1.23. The van der Waals surface area contributed by atoms with E-state index in [2.05, 4.69) is 37.5 Å². The molecule has 1 saturated carbocycles. The Balaban J connectivity index is 0.00000225. The Morgan fingerprint density at radius 1 is 1.36 bits per heavy atom. The van der Waals surface area contributed by atoms with Crippen molar-refractivity contribution >= 4 is 29.9 Å². The van der Waals surface area contributed by atoms with Gasteiger partial charge in [-0.05, 0) is 19.4 Å². The Hall–Kier alpha value is -1.02. The van der Waals surface area contributed by atoms with Crippen molar-refractivity contribution in [3.05, 3.63) is 29.8 Å². The van der Waals surface area contributed by atoms with Gasteiger partial charge in [-0.15, -0.1) is 24.0 Å². The number of rotatable bonds is 5. The standard InChI is InChI=1S/C19H29N3O2.HI/c1-5-20-18(21-12-13-8-6-7-9-15(13)23-4)22-16-14-10-11-24-17(14)19(16,2)3;/h6-9,14,16-17H,5,10-12H2,1-4H3,(H2,20,21,22);1H. The molecule has 25 heavy (non-hydrogen) atoms. The number of guanidine groups is 1. The fourth-order valence-electron chi connectivity index (χ4n) is 4.08. The third-order valence-corrected chi connectivity index (χ3v) is 5.34. The van der Waals surface area contributed by atoms with E-state index in [0.717, 1.165) is 36.8 Å². The normalized spacial score (nSPS) is 26.9. The van der Waals surface area contributed by atoms with Crippen molar-refractivity contribution in [1.82, 2.24) is 10.6 Å². The Kier molecular flexibility index (Phi) is 6.96. The lowest BCUT2D eigenvalue weighted by atomic mass is 9.57. The van der Waals surface area contributed by atoms with Crippen LogP contribution in [0.25, 0.3) is 0 Å². The molecule has 1 aromatic rings. The highest BCUT2D eigenvalue weighted by atomic mass is 127. The van der Waals surface area contributed by atoms with Crippen molar-refractivity contribution in [3.63, 3.8) is 0 Å². The van der Waals surface area contributed by atoms with Gasteiger partial charge in [0.1, 0.15) is 5.75 Å². The Morgan fingerprint density at radius 3 is 2.84 bits per heavy atom. The summed E-state index contributed by atoms with van der Waals surface area (Å²) in [5, 5.41) is 7.01. The summed E-state index contributed by atoms with van der Waals surface area (Å²) in [5.74, 6) is 2.34. The quantitative estimate of drug-likeness (QED) is 0.404. The molecule has 1 aromatic carbocycles. The van der Waals surface area contributed by atoms with Crippen LogP contribution < -0.4 is 15.4 Å². The molecule has 1 heterocycles. The molecule has 3 rings (SSSR count). The molecule has 0 bridgehead atoms. The van der Waals surface area contributed by atoms with Crippen LogP contribution in [0.3, 0.4) is 0 Å². The molecule has 2 N–H and O–H groups in total. The number of hydrogen-bond acceptors (Lipinski definition) is 3. The van der Waals surface area contributed by atoms with Crippen molar-refractivity contribution in [2.75, 3.05) is 20.3 Å². The van der Waals surface area contributed by atoms with Gasteiger partial charge in [0.2, 0.25) is 0 Å². The average molecular weight is 459 g/mol. The minimum Gasteiger partial charge on any atom is -0.496 e. The molecule has 6 heteroatoms. The number of para-hydroxylation sites is 1. The van der Waals surface area contributed by atoms with Gasteiger partial charge >= 0.3 is 0 Å². The van der Waals surface area contributed by atoms with Crippen LogP contribution in [0.1, 0.15) is 32.8 Å². The minimum atomic E-state index is 0. The van der Waals surface area contributed by atoms with E-state index in [-0.39, 0.29) is 29.4 Å². The molecule has 2 fully saturated rings. The zero-order valence-corrected chi connectivity index (χ0v) is 17.9. The first-order valence-electron chi connectivity index (χ1n) is 8.86. The van der Waals surface area contributed by atoms with E-state index in [4.69, 9.17) is 14.5 Å². The summed E-state index contributed by atoms with van der Waals surface area (Å²) >= 11 is 0. The van der Waals surface area contributed by atoms with Crippen LogP contribution in [-0.2, 0) is 11.3 Å². The zero-order valence-electron chi connectivity index (χ0n) is 15.5. The monoisotopic (exact) mass is 459 g/mol. The minimum absolute atomic E-state index is 0. The van der Waals surface area contributed by atoms with Crippen LogP contribution in [0, 0.1) is 11.3 Å². The molecule has 5 nitrogen and oxygen atoms in total. The van der Waals surface area contributed by atoms with Crippen molar-refractivity contribution in [3.8, 4) is 5.75 Å². The van der Waals surface area contributed by atoms with Crippen LogP contribution >= 0.6 is 24.0 Å². The molecule has 3 unspecified atom stereocenters. The van der Waals surface area contributed by atoms with Gasteiger partial charge in [-0.1, -0.05) is 32.0 Å². The predicted molar refractivity (Wildman–Crippen MR) is 112 cm³/mol. The summed E-state index contributed by atoms with van der Waals surface area (Å²) in [6.45, 7) is 8.97. The first-order valence-corrected chi connectivity index (χ1v) is 8.86. The van der Waals surface area contributed by atoms with Gasteiger partial charge in [-0.25, -0.2) is 4.99 Å². The van der Waals surface area contributed by atoms with Crippen LogP contribution in [0.2, 0.25) is 0 Å². The molecule has 0 amide bonds. The molecule has 0 radical (unpaired) electrons. The lowest BCUT2D eigenvalue weighted by Gasteiger charge is -2.54. The summed E-state index contributed by atoms with van der Waals surface area (Å²) in [6.07, 6.45) is 1.52. The van der Waals surface area contributed by atoms with Gasteiger partial charge in [-0.3, -0.25) is 0 Å². The Bertz CT molecular complexity index is 606. The molecule has 1 saturated heterocycles. The fraction of sp³-hybridized carbons (Fsp3) is 0.632. The van der Waals surface area contributed by atoms with E-state index in [0.29, 0.717) is 24.6 Å². The van der Waals surface area contributed by atoms with Crippen LogP contribution in [-0.4, -0.2) is 38.4 Å². The first-order chi connectivity index (χ1) is 11.6. The molecule has 3 atom stereocenters. The number of aliphatic imine (C=N–C) groups is 1. The molecule has 0 aromatic heterocycles. The molecule has 2 aliphatic rings. The first kappa shape index (κ1) is 20.3. The van der Waals surface area contributed by atoms with Crippen molar-refractivity contribution in [2.45, 2.75) is 45.9 Å². The number of benzene rings is 1. The average Bonchev–Trinajstić information content (AvgIpc) is 3.04. The smallest absolute Gasteiger partial charge is 0.191 e. The predicted octanol–water partition coefficient (Wildman–Crippen LogP) is 3.18. The maximum absolute atomic E-state index is 5.88. The maximum Gasteiger partial charge on any atom is 0.191 e. The number of methoxy groups -OCH3 is 1. The second kappa shape index (κ2) is 8.58. The lowest BCUT2D eigenvalue weighted by Crippen LogP contribution is -2.67. The van der Waals surface area contributed by atoms with Crippen LogP contribution in [0.15, 0.2) is 29.3 Å². The fourth-order valence-corrected chi connectivity index (χ4v) is 4.08. The van der Waals surface area contributed by atoms with Crippen molar-refractivity contribution in [2.24, 2.45) is 16.3 Å². The number of halogens is 1. The number of ether oxygens (including phenoxy) is 2. The van der Waals surface area contributed by atoms with Gasteiger partial charge in [-0.2, -0.15) is 0 Å². The van der Waals surface area contributed by atoms with E-state index in [1.165, 1.54) is 0 Å². The molecule has 1 aliphatic carbocycles. The molecule has 1 aliphatic heterocycles. The van der Waals surface area contributed by atoms with E-state index in [9.17, 15) is 0 Å². The van der Waals surface area contributed by atoms with Crippen LogP contribution in [0.5, 0.6) is 5.75 Å². The summed E-state index contributed by atoms with van der Waals surface area (Å²) in [4.78, 5) is 4.77.